The Morgan fingerprint density at radius 2 is 1.71 bits per heavy atom. The van der Waals surface area contributed by atoms with Crippen molar-refractivity contribution in [3.63, 3.8) is 0 Å². The molecule has 6 heteroatoms. The summed E-state index contributed by atoms with van der Waals surface area (Å²) in [5.74, 6) is 0.944. The molecule has 2 rings (SSSR count). The Labute approximate surface area is 185 Å². The minimum atomic E-state index is -0.552. The third-order valence-corrected chi connectivity index (χ3v) is 5.24. The standard InChI is InChI=1S/C25H34N2O4/c1-5-7-16-26-25(29)23(6-2)27(17-20-11-9-8-10-19(20)3)24(28)18-31-22-14-12-21(30-4)13-15-22/h8-15,23H,5-7,16-18H2,1-4H3,(H,26,29)/t23-/m1/s1. The molecule has 2 aromatic carbocycles. The fourth-order valence-electron chi connectivity index (χ4n) is 3.30. The van der Waals surface area contributed by atoms with Gasteiger partial charge in [0.15, 0.2) is 6.61 Å². The highest BCUT2D eigenvalue weighted by molar-refractivity contribution is 5.88. The van der Waals surface area contributed by atoms with Crippen molar-refractivity contribution >= 4 is 11.8 Å². The van der Waals surface area contributed by atoms with Crippen molar-refractivity contribution in [3.05, 3.63) is 59.7 Å². The lowest BCUT2D eigenvalue weighted by Crippen LogP contribution is -2.50. The summed E-state index contributed by atoms with van der Waals surface area (Å²) in [6, 6.07) is 14.4. The van der Waals surface area contributed by atoms with E-state index in [0.29, 0.717) is 25.3 Å². The van der Waals surface area contributed by atoms with Crippen LogP contribution in [0.4, 0.5) is 0 Å². The van der Waals surface area contributed by atoms with Crippen LogP contribution in [0.5, 0.6) is 11.5 Å². The molecule has 0 aliphatic carbocycles. The first-order valence-corrected chi connectivity index (χ1v) is 10.9. The summed E-state index contributed by atoms with van der Waals surface area (Å²) < 4.78 is 10.9. The predicted octanol–water partition coefficient (Wildman–Crippen LogP) is 4.11. The summed E-state index contributed by atoms with van der Waals surface area (Å²) in [4.78, 5) is 27.7. The fourth-order valence-corrected chi connectivity index (χ4v) is 3.30. The van der Waals surface area contributed by atoms with Crippen molar-refractivity contribution in [2.75, 3.05) is 20.3 Å². The molecular formula is C25H34N2O4. The molecule has 0 bridgehead atoms. The number of ether oxygens (including phenoxy) is 2. The average molecular weight is 427 g/mol. The number of benzene rings is 2. The quantitative estimate of drug-likeness (QED) is 0.519. The monoisotopic (exact) mass is 426 g/mol. The van der Waals surface area contributed by atoms with Crippen LogP contribution in [0, 0.1) is 6.92 Å². The molecular weight excluding hydrogens is 392 g/mol. The lowest BCUT2D eigenvalue weighted by molar-refractivity contribution is -0.143. The third kappa shape index (κ3) is 7.31. The summed E-state index contributed by atoms with van der Waals surface area (Å²) in [5.41, 5.74) is 2.10. The lowest BCUT2D eigenvalue weighted by atomic mass is 10.1. The molecule has 0 saturated heterocycles. The van der Waals surface area contributed by atoms with Crippen molar-refractivity contribution in [1.29, 1.82) is 0 Å². The van der Waals surface area contributed by atoms with Gasteiger partial charge in [-0.2, -0.15) is 0 Å². The molecule has 0 spiro atoms. The van der Waals surface area contributed by atoms with Crippen LogP contribution in [-0.2, 0) is 16.1 Å². The topological polar surface area (TPSA) is 67.9 Å². The Morgan fingerprint density at radius 1 is 1.03 bits per heavy atom. The summed E-state index contributed by atoms with van der Waals surface area (Å²) in [6.45, 7) is 6.84. The zero-order valence-corrected chi connectivity index (χ0v) is 19.0. The van der Waals surface area contributed by atoms with Gasteiger partial charge < -0.3 is 19.7 Å². The van der Waals surface area contributed by atoms with Gasteiger partial charge in [-0.1, -0.05) is 44.5 Å². The maximum Gasteiger partial charge on any atom is 0.261 e. The number of hydrogen-bond donors (Lipinski definition) is 1. The van der Waals surface area contributed by atoms with E-state index in [4.69, 9.17) is 9.47 Å². The van der Waals surface area contributed by atoms with Gasteiger partial charge in [0.1, 0.15) is 17.5 Å². The number of carbonyl (C=O) groups excluding carboxylic acids is 2. The zero-order valence-electron chi connectivity index (χ0n) is 19.0. The minimum Gasteiger partial charge on any atom is -0.497 e. The third-order valence-electron chi connectivity index (χ3n) is 5.24. The number of unbranched alkanes of at least 4 members (excludes halogenated alkanes) is 1. The second-order valence-corrected chi connectivity index (χ2v) is 7.48. The highest BCUT2D eigenvalue weighted by Crippen LogP contribution is 2.19. The van der Waals surface area contributed by atoms with Crippen LogP contribution in [0.15, 0.2) is 48.5 Å². The van der Waals surface area contributed by atoms with Crippen LogP contribution in [-0.4, -0.2) is 43.0 Å². The summed E-state index contributed by atoms with van der Waals surface area (Å²) in [6.07, 6.45) is 2.44. The van der Waals surface area contributed by atoms with Gasteiger partial charge in [0.2, 0.25) is 5.91 Å². The van der Waals surface area contributed by atoms with Crippen LogP contribution < -0.4 is 14.8 Å². The van der Waals surface area contributed by atoms with Gasteiger partial charge in [-0.05, 0) is 55.2 Å². The number of amides is 2. The Balaban J connectivity index is 2.16. The molecule has 0 aliphatic rings. The second kappa shape index (κ2) is 12.6. The molecule has 2 amide bonds. The Bertz CT molecular complexity index is 836. The van der Waals surface area contributed by atoms with Gasteiger partial charge in [0.25, 0.3) is 5.91 Å². The molecule has 0 radical (unpaired) electrons. The fraction of sp³-hybridized carbons (Fsp3) is 0.440. The maximum absolute atomic E-state index is 13.2. The van der Waals surface area contributed by atoms with E-state index < -0.39 is 6.04 Å². The molecule has 2 aromatic rings. The molecule has 168 valence electrons. The summed E-state index contributed by atoms with van der Waals surface area (Å²) >= 11 is 0. The number of nitrogens with zero attached hydrogens (tertiary/aromatic N) is 1. The van der Waals surface area contributed by atoms with E-state index in [9.17, 15) is 9.59 Å². The van der Waals surface area contributed by atoms with Crippen molar-refractivity contribution in [3.8, 4) is 11.5 Å². The number of hydrogen-bond acceptors (Lipinski definition) is 4. The van der Waals surface area contributed by atoms with Gasteiger partial charge in [0, 0.05) is 13.1 Å². The highest BCUT2D eigenvalue weighted by atomic mass is 16.5. The molecule has 1 atom stereocenters. The van der Waals surface area contributed by atoms with Crippen molar-refractivity contribution < 1.29 is 19.1 Å². The highest BCUT2D eigenvalue weighted by Gasteiger charge is 2.29. The van der Waals surface area contributed by atoms with Crippen molar-refractivity contribution in [2.24, 2.45) is 0 Å². The number of carbonyl (C=O) groups is 2. The molecule has 0 heterocycles. The molecule has 0 saturated carbocycles. The van der Waals surface area contributed by atoms with Crippen LogP contribution in [0.3, 0.4) is 0 Å². The van der Waals surface area contributed by atoms with Crippen molar-refractivity contribution in [1.82, 2.24) is 10.2 Å². The van der Waals surface area contributed by atoms with E-state index >= 15 is 0 Å². The maximum atomic E-state index is 13.2. The molecule has 1 N–H and O–H groups in total. The van der Waals surface area contributed by atoms with Gasteiger partial charge >= 0.3 is 0 Å². The number of nitrogens with one attached hydrogen (secondary N) is 1. The number of methoxy groups -OCH3 is 1. The van der Waals surface area contributed by atoms with E-state index in [2.05, 4.69) is 12.2 Å². The first-order valence-electron chi connectivity index (χ1n) is 10.9. The first-order chi connectivity index (χ1) is 15.0. The van der Waals surface area contributed by atoms with Crippen LogP contribution >= 0.6 is 0 Å². The average Bonchev–Trinajstić information content (AvgIpc) is 2.79. The second-order valence-electron chi connectivity index (χ2n) is 7.48. The minimum absolute atomic E-state index is 0.123. The number of rotatable bonds is 12. The van der Waals surface area contributed by atoms with Gasteiger partial charge in [-0.3, -0.25) is 9.59 Å². The van der Waals surface area contributed by atoms with E-state index in [1.54, 1.807) is 36.3 Å². The molecule has 0 unspecified atom stereocenters. The predicted molar refractivity (Wildman–Crippen MR) is 122 cm³/mol. The lowest BCUT2D eigenvalue weighted by Gasteiger charge is -2.31. The summed E-state index contributed by atoms with van der Waals surface area (Å²) in [7, 11) is 1.60. The smallest absolute Gasteiger partial charge is 0.261 e. The van der Waals surface area contributed by atoms with Crippen LogP contribution in [0.25, 0.3) is 0 Å². The van der Waals surface area contributed by atoms with Crippen LogP contribution in [0.2, 0.25) is 0 Å². The van der Waals surface area contributed by atoms with E-state index in [1.165, 1.54) is 0 Å². The van der Waals surface area contributed by atoms with Crippen molar-refractivity contribution in [2.45, 2.75) is 52.6 Å². The largest absolute Gasteiger partial charge is 0.497 e. The first kappa shape index (κ1) is 24.3. The van der Waals surface area contributed by atoms with Gasteiger partial charge in [-0.25, -0.2) is 0 Å². The summed E-state index contributed by atoms with van der Waals surface area (Å²) in [5, 5.41) is 2.97. The van der Waals surface area contributed by atoms with E-state index in [-0.39, 0.29) is 18.4 Å². The van der Waals surface area contributed by atoms with E-state index in [1.807, 2.05) is 38.1 Å². The Hall–Kier alpha value is -3.02. The van der Waals surface area contributed by atoms with Crippen LogP contribution in [0.1, 0.15) is 44.2 Å². The molecule has 0 aliphatic heterocycles. The molecule has 31 heavy (non-hydrogen) atoms. The SMILES string of the molecule is CCCCNC(=O)[C@@H](CC)N(Cc1ccccc1C)C(=O)COc1ccc(OC)cc1. The Morgan fingerprint density at radius 3 is 2.32 bits per heavy atom. The molecule has 0 fully saturated rings. The van der Waals surface area contributed by atoms with Gasteiger partial charge in [-0.15, -0.1) is 0 Å². The zero-order chi connectivity index (χ0) is 22.6. The molecule has 6 nitrogen and oxygen atoms in total. The number of aryl methyl sites for hydroxylation is 1. The Kier molecular flexibility index (Phi) is 9.88. The normalized spacial score (nSPS) is 11.5. The molecule has 0 aromatic heterocycles. The van der Waals surface area contributed by atoms with Gasteiger partial charge in [0.05, 0.1) is 7.11 Å². The van der Waals surface area contributed by atoms with E-state index in [0.717, 1.165) is 29.7 Å².